The van der Waals surface area contributed by atoms with Gasteiger partial charge < -0.3 is 10.5 Å². The van der Waals surface area contributed by atoms with Crippen molar-refractivity contribution in [3.8, 4) is 5.75 Å². The van der Waals surface area contributed by atoms with Gasteiger partial charge in [0, 0.05) is 5.56 Å². The fourth-order valence-corrected chi connectivity index (χ4v) is 1.82. The SMILES string of the molecule is COc1c(N)cccc1C(=O)c1ccc(C)cc1. The molecule has 0 amide bonds. The van der Waals surface area contributed by atoms with Gasteiger partial charge in [-0.2, -0.15) is 0 Å². The van der Waals surface area contributed by atoms with Gasteiger partial charge in [0.15, 0.2) is 11.5 Å². The molecule has 0 aliphatic heterocycles. The number of benzene rings is 2. The average molecular weight is 241 g/mol. The van der Waals surface area contributed by atoms with Gasteiger partial charge in [0.25, 0.3) is 0 Å². The van der Waals surface area contributed by atoms with Crippen LogP contribution in [0.4, 0.5) is 5.69 Å². The molecule has 3 heteroatoms. The largest absolute Gasteiger partial charge is 0.494 e. The summed E-state index contributed by atoms with van der Waals surface area (Å²) in [4.78, 5) is 12.4. The first kappa shape index (κ1) is 12.2. The van der Waals surface area contributed by atoms with Crippen molar-refractivity contribution in [2.75, 3.05) is 12.8 Å². The van der Waals surface area contributed by atoms with E-state index in [1.54, 1.807) is 30.3 Å². The fourth-order valence-electron chi connectivity index (χ4n) is 1.82. The van der Waals surface area contributed by atoms with Crippen LogP contribution in [0.3, 0.4) is 0 Å². The van der Waals surface area contributed by atoms with E-state index in [2.05, 4.69) is 0 Å². The van der Waals surface area contributed by atoms with Crippen LogP contribution >= 0.6 is 0 Å². The number of anilines is 1. The average Bonchev–Trinajstić information content (AvgIpc) is 2.38. The molecule has 3 nitrogen and oxygen atoms in total. The maximum Gasteiger partial charge on any atom is 0.196 e. The van der Waals surface area contributed by atoms with Gasteiger partial charge >= 0.3 is 0 Å². The number of carbonyl (C=O) groups excluding carboxylic acids is 1. The van der Waals surface area contributed by atoms with E-state index in [0.717, 1.165) is 5.56 Å². The van der Waals surface area contributed by atoms with Crippen molar-refractivity contribution in [3.63, 3.8) is 0 Å². The highest BCUT2D eigenvalue weighted by Gasteiger charge is 2.15. The highest BCUT2D eigenvalue weighted by atomic mass is 16.5. The highest BCUT2D eigenvalue weighted by molar-refractivity contribution is 6.11. The third-order valence-corrected chi connectivity index (χ3v) is 2.81. The number of aryl methyl sites for hydroxylation is 1. The zero-order chi connectivity index (χ0) is 13.1. The summed E-state index contributed by atoms with van der Waals surface area (Å²) in [7, 11) is 1.51. The Labute approximate surface area is 106 Å². The second kappa shape index (κ2) is 4.92. The van der Waals surface area contributed by atoms with Crippen molar-refractivity contribution < 1.29 is 9.53 Å². The Balaban J connectivity index is 2.46. The normalized spacial score (nSPS) is 10.1. The van der Waals surface area contributed by atoms with Gasteiger partial charge in [-0.15, -0.1) is 0 Å². The van der Waals surface area contributed by atoms with Gasteiger partial charge in [-0.3, -0.25) is 4.79 Å². The second-order valence-corrected chi connectivity index (χ2v) is 4.12. The lowest BCUT2D eigenvalue weighted by atomic mass is 10.0. The van der Waals surface area contributed by atoms with Gasteiger partial charge in [-0.05, 0) is 19.1 Å². The molecule has 0 atom stereocenters. The number of carbonyl (C=O) groups is 1. The van der Waals surface area contributed by atoms with E-state index in [1.807, 2.05) is 19.1 Å². The molecule has 0 fully saturated rings. The molecule has 2 aromatic rings. The Morgan fingerprint density at radius 2 is 1.78 bits per heavy atom. The number of para-hydroxylation sites is 1. The van der Waals surface area contributed by atoms with Gasteiger partial charge in [-0.1, -0.05) is 35.9 Å². The molecule has 0 aromatic heterocycles. The van der Waals surface area contributed by atoms with Crippen molar-refractivity contribution in [1.82, 2.24) is 0 Å². The van der Waals surface area contributed by atoms with Crippen molar-refractivity contribution >= 4 is 11.5 Å². The van der Waals surface area contributed by atoms with E-state index in [0.29, 0.717) is 22.6 Å². The maximum atomic E-state index is 12.4. The standard InChI is InChI=1S/C15H15NO2/c1-10-6-8-11(9-7-10)14(17)12-4-3-5-13(16)15(12)18-2/h3-9H,16H2,1-2H3. The summed E-state index contributed by atoms with van der Waals surface area (Å²) < 4.78 is 5.20. The van der Waals surface area contributed by atoms with Crippen LogP contribution in [0, 0.1) is 6.92 Å². The molecule has 0 saturated heterocycles. The first-order chi connectivity index (χ1) is 8.63. The second-order valence-electron chi connectivity index (χ2n) is 4.12. The lowest BCUT2D eigenvalue weighted by molar-refractivity contribution is 0.103. The first-order valence-electron chi connectivity index (χ1n) is 5.67. The molecular weight excluding hydrogens is 226 g/mol. The van der Waals surface area contributed by atoms with E-state index < -0.39 is 0 Å². The number of hydrogen-bond donors (Lipinski definition) is 1. The molecule has 2 N–H and O–H groups in total. The topological polar surface area (TPSA) is 52.3 Å². The van der Waals surface area contributed by atoms with Crippen LogP contribution in [0.15, 0.2) is 42.5 Å². The van der Waals surface area contributed by atoms with E-state index in [4.69, 9.17) is 10.5 Å². The molecule has 18 heavy (non-hydrogen) atoms. The minimum Gasteiger partial charge on any atom is -0.494 e. The molecule has 2 rings (SSSR count). The summed E-state index contributed by atoms with van der Waals surface area (Å²) in [5.74, 6) is 0.349. The van der Waals surface area contributed by atoms with Crippen molar-refractivity contribution in [2.45, 2.75) is 6.92 Å². The molecule has 0 aliphatic carbocycles. The van der Waals surface area contributed by atoms with Gasteiger partial charge in [0.2, 0.25) is 0 Å². The molecule has 0 saturated carbocycles. The molecule has 0 aliphatic rings. The Hall–Kier alpha value is -2.29. The number of rotatable bonds is 3. The third-order valence-electron chi connectivity index (χ3n) is 2.81. The van der Waals surface area contributed by atoms with Crippen LogP contribution in [0.1, 0.15) is 21.5 Å². The van der Waals surface area contributed by atoms with Gasteiger partial charge in [0.1, 0.15) is 0 Å². The monoisotopic (exact) mass is 241 g/mol. The van der Waals surface area contributed by atoms with Crippen LogP contribution in [-0.2, 0) is 0 Å². The molecule has 0 heterocycles. The zero-order valence-electron chi connectivity index (χ0n) is 10.4. The third kappa shape index (κ3) is 2.20. The van der Waals surface area contributed by atoms with Crippen LogP contribution in [-0.4, -0.2) is 12.9 Å². The van der Waals surface area contributed by atoms with Crippen molar-refractivity contribution in [1.29, 1.82) is 0 Å². The highest BCUT2D eigenvalue weighted by Crippen LogP contribution is 2.27. The number of ketones is 1. The number of hydrogen-bond acceptors (Lipinski definition) is 3. The number of nitrogens with two attached hydrogens (primary N) is 1. The summed E-state index contributed by atoms with van der Waals surface area (Å²) in [6.07, 6.45) is 0. The van der Waals surface area contributed by atoms with Crippen molar-refractivity contribution in [2.24, 2.45) is 0 Å². The maximum absolute atomic E-state index is 12.4. The Morgan fingerprint density at radius 3 is 2.39 bits per heavy atom. The summed E-state index contributed by atoms with van der Waals surface area (Å²) in [5, 5.41) is 0. The zero-order valence-corrected chi connectivity index (χ0v) is 10.4. The predicted octanol–water partition coefficient (Wildman–Crippen LogP) is 2.82. The molecule has 0 unspecified atom stereocenters. The number of methoxy groups -OCH3 is 1. The number of nitrogen functional groups attached to an aromatic ring is 1. The minimum absolute atomic E-state index is 0.0841. The Kier molecular flexibility index (Phi) is 3.33. The van der Waals surface area contributed by atoms with Gasteiger partial charge in [-0.25, -0.2) is 0 Å². The first-order valence-corrected chi connectivity index (χ1v) is 5.67. The number of ether oxygens (including phenoxy) is 1. The summed E-state index contributed by atoms with van der Waals surface area (Å²) >= 11 is 0. The van der Waals surface area contributed by atoms with E-state index in [1.165, 1.54) is 7.11 Å². The molecule has 0 bridgehead atoms. The summed E-state index contributed by atoms with van der Waals surface area (Å²) in [6, 6.07) is 12.6. The van der Waals surface area contributed by atoms with Crippen molar-refractivity contribution in [3.05, 3.63) is 59.2 Å². The van der Waals surface area contributed by atoms with Crippen LogP contribution in [0.2, 0.25) is 0 Å². The van der Waals surface area contributed by atoms with Crippen LogP contribution in [0.25, 0.3) is 0 Å². The smallest absolute Gasteiger partial charge is 0.196 e. The Morgan fingerprint density at radius 1 is 1.11 bits per heavy atom. The summed E-state index contributed by atoms with van der Waals surface area (Å²) in [6.45, 7) is 1.98. The van der Waals surface area contributed by atoms with Crippen LogP contribution < -0.4 is 10.5 Å². The fraction of sp³-hybridized carbons (Fsp3) is 0.133. The predicted molar refractivity (Wildman–Crippen MR) is 72.0 cm³/mol. The minimum atomic E-state index is -0.0841. The molecule has 92 valence electrons. The van der Waals surface area contributed by atoms with E-state index >= 15 is 0 Å². The van der Waals surface area contributed by atoms with E-state index in [9.17, 15) is 4.79 Å². The quantitative estimate of drug-likeness (QED) is 0.664. The lowest BCUT2D eigenvalue weighted by Gasteiger charge is -2.10. The molecule has 0 spiro atoms. The Bertz CT molecular complexity index is 574. The lowest BCUT2D eigenvalue weighted by Crippen LogP contribution is -2.05. The molecule has 0 radical (unpaired) electrons. The van der Waals surface area contributed by atoms with Gasteiger partial charge in [0.05, 0.1) is 18.4 Å². The van der Waals surface area contributed by atoms with E-state index in [-0.39, 0.29) is 5.78 Å². The molecular formula is C15H15NO2. The summed E-state index contributed by atoms with van der Waals surface area (Å²) in [5.41, 5.74) is 8.50. The van der Waals surface area contributed by atoms with Crippen LogP contribution in [0.5, 0.6) is 5.75 Å². The molecule has 2 aromatic carbocycles.